The smallest absolute Gasteiger partial charge is 0.263 e. The number of hydrogen-bond donors (Lipinski definition) is 0. The molecule has 1 heterocycles. The van der Waals surface area contributed by atoms with Crippen LogP contribution in [0.4, 0.5) is 0 Å². The summed E-state index contributed by atoms with van der Waals surface area (Å²) >= 11 is 0. The summed E-state index contributed by atoms with van der Waals surface area (Å²) in [6, 6.07) is 8.95. The molecule has 1 aliphatic heterocycles. The minimum atomic E-state index is -3.01. The van der Waals surface area contributed by atoms with Gasteiger partial charge in [-0.2, -0.15) is 0 Å². The number of nitrogens with zero attached hydrogens (tertiary/aromatic N) is 1. The minimum Gasteiger partial charge on any atom is -0.481 e. The van der Waals surface area contributed by atoms with Crippen molar-refractivity contribution in [2.75, 3.05) is 18.1 Å². The second kappa shape index (κ2) is 7.13. The lowest BCUT2D eigenvalue weighted by atomic mass is 10.2. The van der Waals surface area contributed by atoms with Crippen molar-refractivity contribution in [2.45, 2.75) is 38.8 Å². The van der Waals surface area contributed by atoms with Gasteiger partial charge in [0.05, 0.1) is 11.5 Å². The van der Waals surface area contributed by atoms with Crippen molar-refractivity contribution >= 4 is 15.7 Å². The zero-order chi connectivity index (χ0) is 16.2. The van der Waals surface area contributed by atoms with E-state index in [1.54, 1.807) is 24.0 Å². The van der Waals surface area contributed by atoms with Gasteiger partial charge in [-0.1, -0.05) is 25.1 Å². The summed E-state index contributed by atoms with van der Waals surface area (Å²) in [5, 5.41) is 0. The van der Waals surface area contributed by atoms with E-state index in [9.17, 15) is 13.2 Å². The summed E-state index contributed by atoms with van der Waals surface area (Å²) in [4.78, 5) is 14.3. The van der Waals surface area contributed by atoms with Crippen molar-refractivity contribution in [3.05, 3.63) is 30.3 Å². The van der Waals surface area contributed by atoms with Crippen LogP contribution in [-0.4, -0.2) is 49.4 Å². The van der Waals surface area contributed by atoms with Crippen LogP contribution < -0.4 is 4.74 Å². The van der Waals surface area contributed by atoms with Gasteiger partial charge >= 0.3 is 0 Å². The molecule has 0 aliphatic carbocycles. The number of para-hydroxylation sites is 1. The molecule has 122 valence electrons. The maximum absolute atomic E-state index is 12.6. The molecule has 0 saturated carbocycles. The topological polar surface area (TPSA) is 63.7 Å². The van der Waals surface area contributed by atoms with E-state index in [1.807, 2.05) is 25.1 Å². The molecule has 0 aromatic heterocycles. The van der Waals surface area contributed by atoms with Crippen LogP contribution in [-0.2, 0) is 14.6 Å². The largest absolute Gasteiger partial charge is 0.481 e. The number of amides is 1. The Morgan fingerprint density at radius 3 is 2.59 bits per heavy atom. The van der Waals surface area contributed by atoms with Crippen LogP contribution in [0.2, 0.25) is 0 Å². The van der Waals surface area contributed by atoms with Gasteiger partial charge in [-0.3, -0.25) is 4.79 Å². The van der Waals surface area contributed by atoms with Gasteiger partial charge in [0.15, 0.2) is 15.9 Å². The molecule has 2 unspecified atom stereocenters. The molecule has 1 saturated heterocycles. The van der Waals surface area contributed by atoms with Crippen molar-refractivity contribution in [3.63, 3.8) is 0 Å². The number of rotatable bonds is 6. The van der Waals surface area contributed by atoms with Crippen molar-refractivity contribution in [2.24, 2.45) is 0 Å². The maximum Gasteiger partial charge on any atom is 0.263 e. The predicted octanol–water partition coefficient (Wildman–Crippen LogP) is 1.88. The number of ether oxygens (including phenoxy) is 1. The summed E-state index contributed by atoms with van der Waals surface area (Å²) < 4.78 is 29.0. The molecular weight excluding hydrogens is 302 g/mol. The monoisotopic (exact) mass is 325 g/mol. The average Bonchev–Trinajstić information content (AvgIpc) is 2.85. The van der Waals surface area contributed by atoms with Crippen molar-refractivity contribution < 1.29 is 17.9 Å². The van der Waals surface area contributed by atoms with Gasteiger partial charge in [-0.25, -0.2) is 8.42 Å². The van der Waals surface area contributed by atoms with Crippen molar-refractivity contribution in [1.82, 2.24) is 4.90 Å². The number of benzene rings is 1. The minimum absolute atomic E-state index is 0.0663. The second-order valence-electron chi connectivity index (χ2n) is 5.66. The SMILES string of the molecule is CCCN(C(=O)C(C)Oc1ccccc1)C1CCS(=O)(=O)C1. The fourth-order valence-electron chi connectivity index (χ4n) is 2.72. The summed E-state index contributed by atoms with van der Waals surface area (Å²) in [6.07, 6.45) is 0.684. The second-order valence-corrected chi connectivity index (χ2v) is 7.89. The van der Waals surface area contributed by atoms with E-state index in [0.717, 1.165) is 6.42 Å². The van der Waals surface area contributed by atoms with Crippen LogP contribution in [0.1, 0.15) is 26.7 Å². The third-order valence-corrected chi connectivity index (χ3v) is 5.55. The molecule has 22 heavy (non-hydrogen) atoms. The van der Waals surface area contributed by atoms with Gasteiger partial charge in [0.25, 0.3) is 5.91 Å². The number of sulfone groups is 1. The van der Waals surface area contributed by atoms with E-state index in [2.05, 4.69) is 0 Å². The molecule has 1 fully saturated rings. The maximum atomic E-state index is 12.6. The highest BCUT2D eigenvalue weighted by Crippen LogP contribution is 2.20. The van der Waals surface area contributed by atoms with E-state index in [1.165, 1.54) is 0 Å². The summed E-state index contributed by atoms with van der Waals surface area (Å²) in [5.41, 5.74) is 0. The molecule has 0 spiro atoms. The zero-order valence-corrected chi connectivity index (χ0v) is 13.9. The Bertz CT molecular complexity index is 600. The van der Waals surface area contributed by atoms with Crippen molar-refractivity contribution in [3.8, 4) is 5.75 Å². The molecule has 1 aromatic carbocycles. The van der Waals surface area contributed by atoms with Crippen molar-refractivity contribution in [1.29, 1.82) is 0 Å². The molecule has 2 atom stereocenters. The molecule has 0 bridgehead atoms. The normalized spacial score (nSPS) is 21.3. The first-order valence-electron chi connectivity index (χ1n) is 7.65. The van der Waals surface area contributed by atoms with E-state index in [-0.39, 0.29) is 23.5 Å². The Kier molecular flexibility index (Phi) is 5.45. The predicted molar refractivity (Wildman–Crippen MR) is 85.6 cm³/mol. The summed E-state index contributed by atoms with van der Waals surface area (Å²) in [7, 11) is -3.01. The molecule has 1 aliphatic rings. The molecule has 1 amide bonds. The molecule has 1 aromatic rings. The highest BCUT2D eigenvalue weighted by Gasteiger charge is 2.36. The molecule has 0 radical (unpaired) electrons. The van der Waals surface area contributed by atoms with E-state index >= 15 is 0 Å². The lowest BCUT2D eigenvalue weighted by molar-refractivity contribution is -0.139. The van der Waals surface area contributed by atoms with E-state index in [4.69, 9.17) is 4.74 Å². The molecule has 0 N–H and O–H groups in total. The number of carbonyl (C=O) groups excluding carboxylic acids is 1. The standard InChI is InChI=1S/C16H23NO4S/c1-3-10-17(14-9-11-22(19,20)12-14)16(18)13(2)21-15-7-5-4-6-8-15/h4-8,13-14H,3,9-12H2,1-2H3. The lowest BCUT2D eigenvalue weighted by Gasteiger charge is -2.30. The third-order valence-electron chi connectivity index (χ3n) is 3.80. The van der Waals surface area contributed by atoms with Gasteiger partial charge in [-0.05, 0) is 31.9 Å². The first-order valence-corrected chi connectivity index (χ1v) is 9.47. The Morgan fingerprint density at radius 2 is 2.05 bits per heavy atom. The Hall–Kier alpha value is -1.56. The van der Waals surface area contributed by atoms with Gasteiger partial charge < -0.3 is 9.64 Å². The fourth-order valence-corrected chi connectivity index (χ4v) is 4.45. The molecule has 5 nitrogen and oxygen atoms in total. The fraction of sp³-hybridized carbons (Fsp3) is 0.562. The van der Waals surface area contributed by atoms with Crippen LogP contribution in [0.25, 0.3) is 0 Å². The highest BCUT2D eigenvalue weighted by molar-refractivity contribution is 7.91. The quantitative estimate of drug-likeness (QED) is 0.801. The molecular formula is C16H23NO4S. The van der Waals surface area contributed by atoms with E-state index in [0.29, 0.717) is 18.7 Å². The summed E-state index contributed by atoms with van der Waals surface area (Å²) in [6.45, 7) is 4.25. The van der Waals surface area contributed by atoms with Crippen LogP contribution in [0, 0.1) is 0 Å². The first kappa shape index (κ1) is 16.8. The summed E-state index contributed by atoms with van der Waals surface area (Å²) in [5.74, 6) is 0.724. The van der Waals surface area contributed by atoms with Gasteiger partial charge in [0.2, 0.25) is 0 Å². The Balaban J connectivity index is 2.06. The Morgan fingerprint density at radius 1 is 1.36 bits per heavy atom. The van der Waals surface area contributed by atoms with E-state index < -0.39 is 15.9 Å². The average molecular weight is 325 g/mol. The molecule has 6 heteroatoms. The van der Waals surface area contributed by atoms with Crippen LogP contribution in [0.15, 0.2) is 30.3 Å². The van der Waals surface area contributed by atoms with Crippen LogP contribution in [0.3, 0.4) is 0 Å². The third kappa shape index (κ3) is 4.22. The van der Waals surface area contributed by atoms with Gasteiger partial charge in [0.1, 0.15) is 5.75 Å². The van der Waals surface area contributed by atoms with Gasteiger partial charge in [0, 0.05) is 12.6 Å². The molecule has 2 rings (SSSR count). The van der Waals surface area contributed by atoms with Gasteiger partial charge in [-0.15, -0.1) is 0 Å². The lowest BCUT2D eigenvalue weighted by Crippen LogP contribution is -2.47. The van der Waals surface area contributed by atoms with Crippen LogP contribution in [0.5, 0.6) is 5.75 Å². The highest BCUT2D eigenvalue weighted by atomic mass is 32.2. The first-order chi connectivity index (χ1) is 10.4. The van der Waals surface area contributed by atoms with Crippen LogP contribution >= 0.6 is 0 Å². The zero-order valence-electron chi connectivity index (χ0n) is 13.1. The number of hydrogen-bond acceptors (Lipinski definition) is 4. The Labute approximate surface area is 132 Å². The number of carbonyl (C=O) groups is 1.